The second-order valence-electron chi connectivity index (χ2n) is 8.64. The predicted octanol–water partition coefficient (Wildman–Crippen LogP) is 4.26. The molecular weight excluding hydrogens is 390 g/mol. The molecule has 0 saturated carbocycles. The molecule has 0 radical (unpaired) electrons. The monoisotopic (exact) mass is 419 g/mol. The quantitative estimate of drug-likeness (QED) is 0.627. The summed E-state index contributed by atoms with van der Waals surface area (Å²) in [6, 6.07) is 15.9. The number of amides is 2. The lowest BCUT2D eigenvalue weighted by Crippen LogP contribution is -2.40. The van der Waals surface area contributed by atoms with E-state index in [0.717, 1.165) is 35.9 Å². The molecule has 0 bridgehead atoms. The molecule has 2 aromatic carbocycles. The van der Waals surface area contributed by atoms with Gasteiger partial charge in [0.2, 0.25) is 5.91 Å². The van der Waals surface area contributed by atoms with E-state index < -0.39 is 0 Å². The molecule has 2 N–H and O–H groups in total. The zero-order valence-electron chi connectivity index (χ0n) is 18.3. The number of nitrogens with one attached hydrogen (secondary N) is 2. The summed E-state index contributed by atoms with van der Waals surface area (Å²) in [6.07, 6.45) is 1.96. The van der Waals surface area contributed by atoms with Gasteiger partial charge in [-0.15, -0.1) is 0 Å². The van der Waals surface area contributed by atoms with Crippen LogP contribution in [0, 0.1) is 6.92 Å². The zero-order chi connectivity index (χ0) is 22.0. The number of benzene rings is 2. The lowest BCUT2D eigenvalue weighted by molar-refractivity contribution is -0.114. The third-order valence-electron chi connectivity index (χ3n) is 5.80. The molecule has 1 saturated heterocycles. The molecule has 1 aliphatic heterocycles. The second-order valence-corrected chi connectivity index (χ2v) is 8.64. The number of anilines is 1. The van der Waals surface area contributed by atoms with Crippen LogP contribution < -0.4 is 10.6 Å². The van der Waals surface area contributed by atoms with Crippen molar-refractivity contribution in [3.8, 4) is 0 Å². The van der Waals surface area contributed by atoms with Crippen LogP contribution in [-0.2, 0) is 16.1 Å². The van der Waals surface area contributed by atoms with E-state index >= 15 is 0 Å². The first-order valence-electron chi connectivity index (χ1n) is 10.7. The minimum absolute atomic E-state index is 0.123. The number of ether oxygens (including phenoxy) is 1. The Kier molecular flexibility index (Phi) is 5.83. The fraction of sp³-hybridized carbons (Fsp3) is 0.360. The van der Waals surface area contributed by atoms with Gasteiger partial charge in [-0.05, 0) is 56.5 Å². The van der Waals surface area contributed by atoms with Crippen LogP contribution in [0.2, 0.25) is 0 Å². The molecule has 0 unspecified atom stereocenters. The molecule has 1 aliphatic rings. The Morgan fingerprint density at radius 2 is 2.00 bits per heavy atom. The maximum Gasteiger partial charge on any atom is 0.268 e. The van der Waals surface area contributed by atoms with Gasteiger partial charge in [0, 0.05) is 43.2 Å². The Labute approximate surface area is 182 Å². The van der Waals surface area contributed by atoms with Crippen LogP contribution in [-0.4, -0.2) is 35.1 Å². The molecule has 0 spiro atoms. The Morgan fingerprint density at radius 1 is 1.16 bits per heavy atom. The highest BCUT2D eigenvalue weighted by Crippen LogP contribution is 2.27. The third kappa shape index (κ3) is 4.80. The van der Waals surface area contributed by atoms with Crippen LogP contribution in [0.15, 0.2) is 48.5 Å². The molecule has 6 nitrogen and oxygen atoms in total. The van der Waals surface area contributed by atoms with Crippen LogP contribution in [0.1, 0.15) is 48.3 Å². The second kappa shape index (κ2) is 8.55. The van der Waals surface area contributed by atoms with Gasteiger partial charge in [0.1, 0.15) is 5.69 Å². The normalized spacial score (nSPS) is 18.3. The van der Waals surface area contributed by atoms with E-state index in [0.29, 0.717) is 24.5 Å². The van der Waals surface area contributed by atoms with Gasteiger partial charge in [0.15, 0.2) is 0 Å². The lowest BCUT2D eigenvalue weighted by atomic mass is 10.0. The zero-order valence-corrected chi connectivity index (χ0v) is 18.3. The van der Waals surface area contributed by atoms with Gasteiger partial charge >= 0.3 is 0 Å². The summed E-state index contributed by atoms with van der Waals surface area (Å²) >= 11 is 0. The molecule has 1 fully saturated rings. The molecule has 6 heteroatoms. The number of nitrogens with zero attached hydrogens (tertiary/aromatic N) is 1. The van der Waals surface area contributed by atoms with Crippen molar-refractivity contribution < 1.29 is 14.3 Å². The molecular formula is C25H29N3O3. The molecule has 1 aromatic heterocycles. The van der Waals surface area contributed by atoms with E-state index in [4.69, 9.17) is 4.74 Å². The Hall–Kier alpha value is -3.12. The highest BCUT2D eigenvalue weighted by atomic mass is 16.5. The molecule has 2 amide bonds. The third-order valence-corrected chi connectivity index (χ3v) is 5.80. The summed E-state index contributed by atoms with van der Waals surface area (Å²) in [4.78, 5) is 24.6. The number of aromatic nitrogens is 1. The molecule has 31 heavy (non-hydrogen) atoms. The van der Waals surface area contributed by atoms with Gasteiger partial charge in [-0.1, -0.05) is 29.8 Å². The fourth-order valence-electron chi connectivity index (χ4n) is 4.24. The molecule has 162 valence electrons. The van der Waals surface area contributed by atoms with Crippen molar-refractivity contribution in [2.45, 2.75) is 45.8 Å². The highest BCUT2D eigenvalue weighted by Gasteiger charge is 2.30. The fourth-order valence-corrected chi connectivity index (χ4v) is 4.24. The first-order valence-corrected chi connectivity index (χ1v) is 10.7. The summed E-state index contributed by atoms with van der Waals surface area (Å²) in [5.41, 5.74) is 4.26. The summed E-state index contributed by atoms with van der Waals surface area (Å²) in [5.74, 6) is -0.247. The topological polar surface area (TPSA) is 72.4 Å². The SMILES string of the molecule is CC(=O)Nc1ccc2c(c1)cc(C(=O)NC[C@]1(C)CCCO1)n2Cc1cccc(C)c1. The summed E-state index contributed by atoms with van der Waals surface area (Å²) in [5, 5.41) is 6.80. The minimum Gasteiger partial charge on any atom is -0.373 e. The standard InChI is InChI=1S/C25H29N3O3/c1-17-6-4-7-19(12-17)15-28-22-9-8-21(27-18(2)29)13-20(22)14-23(28)24(30)26-16-25(3)10-5-11-31-25/h4,6-9,12-14H,5,10-11,15-16H2,1-3H3,(H,26,30)(H,27,29)/t25-/m0/s1. The van der Waals surface area contributed by atoms with E-state index in [9.17, 15) is 9.59 Å². The van der Waals surface area contributed by atoms with Crippen molar-refractivity contribution in [3.63, 3.8) is 0 Å². The van der Waals surface area contributed by atoms with Gasteiger partial charge in [-0.3, -0.25) is 9.59 Å². The average molecular weight is 420 g/mol. The highest BCUT2D eigenvalue weighted by molar-refractivity contribution is 6.00. The molecule has 4 rings (SSSR count). The predicted molar refractivity (Wildman–Crippen MR) is 122 cm³/mol. The van der Waals surface area contributed by atoms with Crippen molar-refractivity contribution in [3.05, 3.63) is 65.4 Å². The van der Waals surface area contributed by atoms with Gasteiger partial charge < -0.3 is 19.9 Å². The molecule has 3 aromatic rings. The summed E-state index contributed by atoms with van der Waals surface area (Å²) in [7, 11) is 0. The molecule has 2 heterocycles. The Bertz CT molecular complexity index is 1130. The van der Waals surface area contributed by atoms with Crippen molar-refractivity contribution in [2.24, 2.45) is 0 Å². The number of aryl methyl sites for hydroxylation is 1. The molecule has 1 atom stereocenters. The molecule has 0 aliphatic carbocycles. The number of carbonyl (C=O) groups excluding carboxylic acids is 2. The number of carbonyl (C=O) groups is 2. The average Bonchev–Trinajstić information content (AvgIpc) is 3.30. The van der Waals surface area contributed by atoms with Crippen molar-refractivity contribution >= 4 is 28.4 Å². The van der Waals surface area contributed by atoms with Crippen LogP contribution in [0.3, 0.4) is 0 Å². The van der Waals surface area contributed by atoms with Crippen molar-refractivity contribution in [1.82, 2.24) is 9.88 Å². The summed E-state index contributed by atoms with van der Waals surface area (Å²) in [6.45, 7) is 7.40. The Balaban J connectivity index is 1.68. The van der Waals surface area contributed by atoms with Crippen molar-refractivity contribution in [1.29, 1.82) is 0 Å². The number of fused-ring (bicyclic) bond motifs is 1. The lowest BCUT2D eigenvalue weighted by Gasteiger charge is -2.23. The minimum atomic E-state index is -0.304. The van der Waals surface area contributed by atoms with Crippen LogP contribution in [0.5, 0.6) is 0 Å². The summed E-state index contributed by atoms with van der Waals surface area (Å²) < 4.78 is 7.85. The van der Waals surface area contributed by atoms with Crippen LogP contribution in [0.25, 0.3) is 10.9 Å². The maximum absolute atomic E-state index is 13.2. The first kappa shape index (κ1) is 21.1. The van der Waals surface area contributed by atoms with E-state index in [2.05, 4.69) is 35.8 Å². The van der Waals surface area contributed by atoms with Gasteiger partial charge in [-0.25, -0.2) is 0 Å². The van der Waals surface area contributed by atoms with E-state index in [1.165, 1.54) is 12.5 Å². The van der Waals surface area contributed by atoms with Crippen LogP contribution >= 0.6 is 0 Å². The number of rotatable bonds is 6. The first-order chi connectivity index (χ1) is 14.8. The Morgan fingerprint density at radius 3 is 2.71 bits per heavy atom. The van der Waals surface area contributed by atoms with E-state index in [1.807, 2.05) is 41.8 Å². The van der Waals surface area contributed by atoms with Gasteiger partial charge in [-0.2, -0.15) is 0 Å². The smallest absolute Gasteiger partial charge is 0.268 e. The largest absolute Gasteiger partial charge is 0.373 e. The van der Waals surface area contributed by atoms with Gasteiger partial charge in [0.25, 0.3) is 5.91 Å². The maximum atomic E-state index is 13.2. The van der Waals surface area contributed by atoms with Crippen LogP contribution in [0.4, 0.5) is 5.69 Å². The number of hydrogen-bond donors (Lipinski definition) is 2. The van der Waals surface area contributed by atoms with E-state index in [1.54, 1.807) is 0 Å². The van der Waals surface area contributed by atoms with Gasteiger partial charge in [0.05, 0.1) is 5.60 Å². The van der Waals surface area contributed by atoms with E-state index in [-0.39, 0.29) is 17.4 Å². The number of hydrogen-bond acceptors (Lipinski definition) is 3. The van der Waals surface area contributed by atoms with Crippen molar-refractivity contribution in [2.75, 3.05) is 18.5 Å².